The van der Waals surface area contributed by atoms with Crippen molar-refractivity contribution in [3.8, 4) is 11.6 Å². The van der Waals surface area contributed by atoms with E-state index < -0.39 is 5.95 Å². The van der Waals surface area contributed by atoms with E-state index in [0.717, 1.165) is 11.3 Å². The number of hydrogen-bond donors (Lipinski definition) is 1. The van der Waals surface area contributed by atoms with Crippen molar-refractivity contribution >= 4 is 17.3 Å². The number of para-hydroxylation sites is 1. The van der Waals surface area contributed by atoms with E-state index in [9.17, 15) is 5.11 Å². The van der Waals surface area contributed by atoms with Crippen LogP contribution in [0.1, 0.15) is 18.2 Å². The first-order valence-corrected chi connectivity index (χ1v) is 8.80. The van der Waals surface area contributed by atoms with Crippen molar-refractivity contribution in [2.45, 2.75) is 20.0 Å². The Labute approximate surface area is 157 Å². The Morgan fingerprint density at radius 1 is 1.12 bits per heavy atom. The van der Waals surface area contributed by atoms with Gasteiger partial charge in [0.05, 0.1) is 5.27 Å². The molecule has 1 heterocycles. The molecular formula is C19H20N4O2S. The summed E-state index contributed by atoms with van der Waals surface area (Å²) in [4.78, 5) is 1.93. The summed E-state index contributed by atoms with van der Waals surface area (Å²) in [5.41, 5.74) is 2.29. The maximum Gasteiger partial charge on any atom is 0.259 e. The first kappa shape index (κ1) is 17.9. The average Bonchev–Trinajstić information content (AvgIpc) is 3.03. The van der Waals surface area contributed by atoms with Crippen LogP contribution >= 0.6 is 12.2 Å². The predicted molar refractivity (Wildman–Crippen MR) is 99.4 cm³/mol. The quantitative estimate of drug-likeness (QED) is 0.530. The largest absolute Gasteiger partial charge is 0.539 e. The van der Waals surface area contributed by atoms with E-state index in [4.69, 9.17) is 16.7 Å². The number of aromatic nitrogens is 2. The van der Waals surface area contributed by atoms with E-state index in [1.165, 1.54) is 4.68 Å². The number of nitrogens with zero attached hydrogens (tertiary/aromatic N) is 3. The fourth-order valence-electron chi connectivity index (χ4n) is 2.62. The Kier molecular flexibility index (Phi) is 5.80. The van der Waals surface area contributed by atoms with Crippen molar-refractivity contribution in [2.24, 2.45) is 0 Å². The number of thiocarbonyl (C=S) groups is 1. The summed E-state index contributed by atoms with van der Waals surface area (Å²) in [6, 6.07) is 19.4. The van der Waals surface area contributed by atoms with Crippen LogP contribution < -0.4 is 15.1 Å². The van der Waals surface area contributed by atoms with Crippen molar-refractivity contribution in [2.75, 3.05) is 6.54 Å². The lowest BCUT2D eigenvalue weighted by Gasteiger charge is -2.24. The van der Waals surface area contributed by atoms with Gasteiger partial charge in [-0.2, -0.15) is 0 Å². The van der Waals surface area contributed by atoms with Crippen LogP contribution in [0.4, 0.5) is 0 Å². The molecule has 0 radical (unpaired) electrons. The lowest BCUT2D eigenvalue weighted by Crippen LogP contribution is -2.44. The minimum absolute atomic E-state index is 0.290. The first-order chi connectivity index (χ1) is 12.7. The second-order valence-corrected chi connectivity index (χ2v) is 6.12. The molecule has 0 saturated heterocycles. The molecule has 0 amide bonds. The Hall–Kier alpha value is -2.93. The van der Waals surface area contributed by atoms with Gasteiger partial charge in [-0.05, 0) is 29.4 Å². The highest BCUT2D eigenvalue weighted by Gasteiger charge is 2.24. The molecule has 0 spiro atoms. The summed E-state index contributed by atoms with van der Waals surface area (Å²) in [5, 5.41) is 19.9. The van der Waals surface area contributed by atoms with Crippen molar-refractivity contribution in [3.05, 3.63) is 71.9 Å². The molecule has 0 bridgehead atoms. The minimum atomic E-state index is -0.466. The molecule has 0 unspecified atom stereocenters. The highest BCUT2D eigenvalue weighted by molar-refractivity contribution is 7.80. The molecular weight excluding hydrogens is 348 g/mol. The third-order valence-corrected chi connectivity index (χ3v) is 4.27. The Balaban J connectivity index is 1.89. The molecule has 0 aliphatic rings. The van der Waals surface area contributed by atoms with Gasteiger partial charge in [-0.25, -0.2) is 0 Å². The van der Waals surface area contributed by atoms with Gasteiger partial charge in [0.25, 0.3) is 5.69 Å². The summed E-state index contributed by atoms with van der Waals surface area (Å²) in [7, 11) is 0. The van der Waals surface area contributed by atoms with Gasteiger partial charge < -0.3 is 19.8 Å². The zero-order valence-electron chi connectivity index (χ0n) is 14.5. The number of nitrogens with one attached hydrogen (secondary N) is 1. The molecule has 2 aromatic carbocycles. The fraction of sp³-hybridized carbons (Fsp3) is 0.211. The molecule has 1 N–H and O–H groups in total. The van der Waals surface area contributed by atoms with Crippen LogP contribution in [0, 0.1) is 0 Å². The zero-order chi connectivity index (χ0) is 18.4. The van der Waals surface area contributed by atoms with Gasteiger partial charge in [-0.3, -0.25) is 0 Å². The molecule has 3 aromatic rings. The van der Waals surface area contributed by atoms with Gasteiger partial charge in [0.2, 0.25) is 5.69 Å². The fourth-order valence-corrected chi connectivity index (χ4v) is 2.89. The third kappa shape index (κ3) is 4.18. The van der Waals surface area contributed by atoms with E-state index in [1.54, 1.807) is 0 Å². The highest BCUT2D eigenvalue weighted by atomic mass is 32.1. The van der Waals surface area contributed by atoms with Gasteiger partial charge in [0.1, 0.15) is 6.54 Å². The number of hydrogen-bond acceptors (Lipinski definition) is 4. The first-order valence-electron chi connectivity index (χ1n) is 8.39. The van der Waals surface area contributed by atoms with E-state index in [1.807, 2.05) is 72.5 Å². The Morgan fingerprint density at radius 3 is 2.42 bits per heavy atom. The average molecular weight is 368 g/mol. The molecule has 0 aliphatic carbocycles. The number of benzene rings is 2. The van der Waals surface area contributed by atoms with Crippen LogP contribution in [0.3, 0.4) is 0 Å². The topological polar surface area (TPSA) is 68.2 Å². The minimum Gasteiger partial charge on any atom is -0.539 e. The van der Waals surface area contributed by atoms with Crippen LogP contribution in [0.15, 0.2) is 65.2 Å². The molecule has 0 atom stereocenters. The third-order valence-electron chi connectivity index (χ3n) is 3.87. The predicted octanol–water partition coefficient (Wildman–Crippen LogP) is 1.92. The molecule has 6 nitrogen and oxygen atoms in total. The van der Waals surface area contributed by atoms with Gasteiger partial charge in [-0.1, -0.05) is 48.5 Å². The lowest BCUT2D eigenvalue weighted by molar-refractivity contribution is -0.678. The standard InChI is InChI=1S/C19H20N4O2S/c1-2-20-19(26)22(13-15-9-5-3-6-10-15)14-17-18(24)25-21-23(17)16-11-7-4-8-12-16/h3-12H,2,13-14H2,1H3,(H-,20,21,24,26). The van der Waals surface area contributed by atoms with Crippen LogP contribution in [0.25, 0.3) is 5.69 Å². The van der Waals surface area contributed by atoms with Crippen molar-refractivity contribution in [1.29, 1.82) is 0 Å². The van der Waals surface area contributed by atoms with Crippen LogP contribution in [0.2, 0.25) is 0 Å². The second-order valence-electron chi connectivity index (χ2n) is 5.73. The maximum absolute atomic E-state index is 12.2. The summed E-state index contributed by atoms with van der Waals surface area (Å²) < 4.78 is 6.43. The summed E-state index contributed by atoms with van der Waals surface area (Å²) in [5.74, 6) is -0.466. The maximum atomic E-state index is 12.2. The molecule has 26 heavy (non-hydrogen) atoms. The molecule has 0 saturated carbocycles. The van der Waals surface area contributed by atoms with Gasteiger partial charge >= 0.3 is 0 Å². The summed E-state index contributed by atoms with van der Waals surface area (Å²) >= 11 is 5.50. The van der Waals surface area contributed by atoms with E-state index >= 15 is 0 Å². The molecule has 0 fully saturated rings. The lowest BCUT2D eigenvalue weighted by atomic mass is 10.2. The van der Waals surface area contributed by atoms with Crippen molar-refractivity contribution in [3.63, 3.8) is 0 Å². The normalized spacial score (nSPS) is 10.5. The van der Waals surface area contributed by atoms with Crippen molar-refractivity contribution < 1.29 is 14.3 Å². The van der Waals surface area contributed by atoms with E-state index in [-0.39, 0.29) is 6.54 Å². The summed E-state index contributed by atoms with van der Waals surface area (Å²) in [6.45, 7) is 3.55. The molecule has 3 rings (SSSR count). The van der Waals surface area contributed by atoms with E-state index in [0.29, 0.717) is 23.9 Å². The van der Waals surface area contributed by atoms with Crippen molar-refractivity contribution in [1.82, 2.24) is 15.5 Å². The molecule has 7 heteroatoms. The van der Waals surface area contributed by atoms with Gasteiger partial charge in [0, 0.05) is 25.2 Å². The zero-order valence-corrected chi connectivity index (χ0v) is 15.3. The SMILES string of the molecule is CCNC(=S)N(Cc1ccccc1)Cc1c([O-])on[n+]1-c1ccccc1. The Morgan fingerprint density at radius 2 is 1.77 bits per heavy atom. The monoisotopic (exact) mass is 368 g/mol. The second kappa shape index (κ2) is 8.44. The van der Waals surface area contributed by atoms with Gasteiger partial charge in [-0.15, -0.1) is 0 Å². The van der Waals surface area contributed by atoms with Crippen LogP contribution in [0.5, 0.6) is 5.95 Å². The summed E-state index contributed by atoms with van der Waals surface area (Å²) in [6.07, 6.45) is 0. The highest BCUT2D eigenvalue weighted by Crippen LogP contribution is 2.15. The van der Waals surface area contributed by atoms with Crippen LogP contribution in [-0.4, -0.2) is 21.8 Å². The van der Waals surface area contributed by atoms with Crippen LogP contribution in [-0.2, 0) is 13.1 Å². The smallest absolute Gasteiger partial charge is 0.259 e. The molecule has 0 aliphatic heterocycles. The Bertz CT molecular complexity index is 852. The van der Waals surface area contributed by atoms with E-state index in [2.05, 4.69) is 10.6 Å². The van der Waals surface area contributed by atoms with Gasteiger partial charge in [0.15, 0.2) is 11.1 Å². The molecule has 134 valence electrons. The molecule has 1 aromatic heterocycles. The number of rotatable bonds is 6.